The summed E-state index contributed by atoms with van der Waals surface area (Å²) >= 11 is 11.9. The summed E-state index contributed by atoms with van der Waals surface area (Å²) in [6.45, 7) is 2.82. The van der Waals surface area contributed by atoms with E-state index in [4.69, 9.17) is 28.3 Å². The van der Waals surface area contributed by atoms with Crippen molar-refractivity contribution in [3.8, 4) is 0 Å². The van der Waals surface area contributed by atoms with Crippen LogP contribution >= 0.6 is 23.2 Å². The Bertz CT molecular complexity index is 595. The Morgan fingerprint density at radius 3 is 2.62 bits per heavy atom. The van der Waals surface area contributed by atoms with Gasteiger partial charge in [0.25, 0.3) is 0 Å². The number of rotatable bonds is 4. The number of sulfonamides is 1. The van der Waals surface area contributed by atoms with Crippen molar-refractivity contribution < 1.29 is 13.5 Å². The molecule has 1 heterocycles. The van der Waals surface area contributed by atoms with E-state index >= 15 is 0 Å². The van der Waals surface area contributed by atoms with E-state index in [2.05, 4.69) is 4.90 Å². The van der Waals surface area contributed by atoms with Gasteiger partial charge in [-0.1, -0.05) is 23.2 Å². The van der Waals surface area contributed by atoms with Gasteiger partial charge in [-0.3, -0.25) is 4.90 Å². The molecule has 0 saturated carbocycles. The zero-order valence-electron chi connectivity index (χ0n) is 11.5. The second kappa shape index (κ2) is 7.26. The van der Waals surface area contributed by atoms with Gasteiger partial charge in [-0.2, -0.15) is 4.31 Å². The number of aliphatic hydroxyl groups is 1. The van der Waals surface area contributed by atoms with Gasteiger partial charge in [0.2, 0.25) is 10.0 Å². The molecule has 1 aromatic rings. The van der Waals surface area contributed by atoms with Crippen LogP contribution in [-0.4, -0.2) is 62.1 Å². The van der Waals surface area contributed by atoms with Crippen LogP contribution in [0.2, 0.25) is 10.0 Å². The molecule has 1 fully saturated rings. The zero-order valence-corrected chi connectivity index (χ0v) is 13.8. The Labute approximate surface area is 135 Å². The van der Waals surface area contributed by atoms with E-state index < -0.39 is 10.0 Å². The maximum absolute atomic E-state index is 12.7. The normalized spacial score (nSPS) is 18.6. The van der Waals surface area contributed by atoms with Crippen LogP contribution in [0.5, 0.6) is 0 Å². The fourth-order valence-corrected chi connectivity index (χ4v) is 4.57. The Morgan fingerprint density at radius 2 is 1.90 bits per heavy atom. The van der Waals surface area contributed by atoms with Gasteiger partial charge in [-0.15, -0.1) is 0 Å². The minimum absolute atomic E-state index is 0.0484. The van der Waals surface area contributed by atoms with Crippen molar-refractivity contribution in [1.82, 2.24) is 9.21 Å². The summed E-state index contributed by atoms with van der Waals surface area (Å²) in [7, 11) is -3.65. The molecule has 2 rings (SSSR count). The first-order chi connectivity index (χ1) is 9.95. The van der Waals surface area contributed by atoms with Crippen LogP contribution in [0.25, 0.3) is 0 Å². The SMILES string of the molecule is O=S(=O)(c1cc(Cl)ccc1Cl)N1CCCN(CCO)CC1. The maximum atomic E-state index is 12.7. The number of aliphatic hydroxyl groups excluding tert-OH is 1. The Balaban J connectivity index is 2.21. The van der Waals surface area contributed by atoms with Crippen LogP contribution in [0.1, 0.15) is 6.42 Å². The van der Waals surface area contributed by atoms with Crippen LogP contribution in [0.3, 0.4) is 0 Å². The summed E-state index contributed by atoms with van der Waals surface area (Å²) in [5.41, 5.74) is 0. The first-order valence-corrected chi connectivity index (χ1v) is 8.93. The highest BCUT2D eigenvalue weighted by molar-refractivity contribution is 7.89. The molecule has 0 unspecified atom stereocenters. The molecule has 1 N–H and O–H groups in total. The first kappa shape index (κ1) is 17.0. The second-order valence-electron chi connectivity index (χ2n) is 4.90. The number of hydrogen-bond donors (Lipinski definition) is 1. The zero-order chi connectivity index (χ0) is 15.5. The van der Waals surface area contributed by atoms with E-state index in [1.165, 1.54) is 16.4 Å². The van der Waals surface area contributed by atoms with Crippen LogP contribution in [0, 0.1) is 0 Å². The van der Waals surface area contributed by atoms with E-state index in [1.54, 1.807) is 6.07 Å². The molecule has 1 saturated heterocycles. The molecular weight excluding hydrogens is 335 g/mol. The number of halogens is 2. The van der Waals surface area contributed by atoms with Crippen LogP contribution in [-0.2, 0) is 10.0 Å². The number of nitrogens with zero attached hydrogens (tertiary/aromatic N) is 2. The quantitative estimate of drug-likeness (QED) is 0.895. The largest absolute Gasteiger partial charge is 0.395 e. The Morgan fingerprint density at radius 1 is 1.14 bits per heavy atom. The highest BCUT2D eigenvalue weighted by Gasteiger charge is 2.28. The van der Waals surface area contributed by atoms with Crippen molar-refractivity contribution in [1.29, 1.82) is 0 Å². The molecule has 1 aromatic carbocycles. The number of hydrogen-bond acceptors (Lipinski definition) is 4. The van der Waals surface area contributed by atoms with Gasteiger partial charge < -0.3 is 5.11 Å². The van der Waals surface area contributed by atoms with Crippen molar-refractivity contribution in [3.05, 3.63) is 28.2 Å². The predicted octanol–water partition coefficient (Wildman–Crippen LogP) is 1.68. The van der Waals surface area contributed by atoms with E-state index in [-0.39, 0.29) is 16.5 Å². The molecule has 8 heteroatoms. The molecule has 0 aromatic heterocycles. The molecule has 0 spiro atoms. The molecule has 0 atom stereocenters. The minimum atomic E-state index is -3.65. The molecule has 1 aliphatic heterocycles. The summed E-state index contributed by atoms with van der Waals surface area (Å²) in [5.74, 6) is 0. The molecule has 21 heavy (non-hydrogen) atoms. The highest BCUT2D eigenvalue weighted by atomic mass is 35.5. The Kier molecular flexibility index (Phi) is 5.88. The Hall–Kier alpha value is -0.370. The minimum Gasteiger partial charge on any atom is -0.395 e. The molecule has 0 bridgehead atoms. The predicted molar refractivity (Wildman–Crippen MR) is 83.4 cm³/mol. The van der Waals surface area contributed by atoms with E-state index in [0.29, 0.717) is 31.2 Å². The molecule has 0 radical (unpaired) electrons. The second-order valence-corrected chi connectivity index (χ2v) is 7.65. The van der Waals surface area contributed by atoms with Gasteiger partial charge in [0.1, 0.15) is 4.90 Å². The third kappa shape index (κ3) is 4.09. The average Bonchev–Trinajstić information content (AvgIpc) is 2.68. The smallest absolute Gasteiger partial charge is 0.244 e. The maximum Gasteiger partial charge on any atom is 0.244 e. The van der Waals surface area contributed by atoms with Crippen LogP contribution in [0.4, 0.5) is 0 Å². The summed E-state index contributed by atoms with van der Waals surface area (Å²) in [6.07, 6.45) is 0.720. The summed E-state index contributed by atoms with van der Waals surface area (Å²) in [5, 5.41) is 9.49. The van der Waals surface area contributed by atoms with E-state index in [1.807, 2.05) is 0 Å². The molecule has 0 amide bonds. The number of β-amino-alcohol motifs (C(OH)–C–C–N with tert-alkyl or cyclic N) is 1. The fraction of sp³-hybridized carbons (Fsp3) is 0.538. The lowest BCUT2D eigenvalue weighted by molar-refractivity contribution is 0.202. The van der Waals surface area contributed by atoms with E-state index in [9.17, 15) is 8.42 Å². The van der Waals surface area contributed by atoms with Gasteiger partial charge in [0.05, 0.1) is 11.6 Å². The van der Waals surface area contributed by atoms with Crippen molar-refractivity contribution in [2.45, 2.75) is 11.3 Å². The third-order valence-corrected chi connectivity index (χ3v) is 6.09. The lowest BCUT2D eigenvalue weighted by Gasteiger charge is -2.21. The lowest BCUT2D eigenvalue weighted by atomic mass is 10.4. The van der Waals surface area contributed by atoms with Gasteiger partial charge in [-0.25, -0.2) is 8.42 Å². The van der Waals surface area contributed by atoms with Crippen LogP contribution < -0.4 is 0 Å². The van der Waals surface area contributed by atoms with Gasteiger partial charge in [0.15, 0.2) is 0 Å². The molecular formula is C13H18Cl2N2O3S. The van der Waals surface area contributed by atoms with Crippen molar-refractivity contribution >= 4 is 33.2 Å². The highest BCUT2D eigenvalue weighted by Crippen LogP contribution is 2.28. The van der Waals surface area contributed by atoms with Crippen molar-refractivity contribution in [2.24, 2.45) is 0 Å². The standard InChI is InChI=1S/C13H18Cl2N2O3S/c14-11-2-3-12(15)13(10-11)21(19,20)17-5-1-4-16(6-7-17)8-9-18/h2-3,10,18H,1,4-9H2. The van der Waals surface area contributed by atoms with Gasteiger partial charge >= 0.3 is 0 Å². The lowest BCUT2D eigenvalue weighted by Crippen LogP contribution is -2.36. The summed E-state index contributed by atoms with van der Waals surface area (Å²) in [4.78, 5) is 2.10. The molecule has 118 valence electrons. The fourth-order valence-electron chi connectivity index (χ4n) is 2.37. The van der Waals surface area contributed by atoms with Crippen molar-refractivity contribution in [2.75, 3.05) is 39.3 Å². The molecule has 5 nitrogen and oxygen atoms in total. The molecule has 0 aliphatic carbocycles. The number of benzene rings is 1. The van der Waals surface area contributed by atoms with Crippen molar-refractivity contribution in [3.63, 3.8) is 0 Å². The monoisotopic (exact) mass is 352 g/mol. The topological polar surface area (TPSA) is 60.9 Å². The average molecular weight is 353 g/mol. The first-order valence-electron chi connectivity index (χ1n) is 6.73. The molecule has 1 aliphatic rings. The summed E-state index contributed by atoms with van der Waals surface area (Å²) in [6, 6.07) is 4.44. The summed E-state index contributed by atoms with van der Waals surface area (Å²) < 4.78 is 26.8. The van der Waals surface area contributed by atoms with Crippen LogP contribution in [0.15, 0.2) is 23.1 Å². The van der Waals surface area contributed by atoms with Gasteiger partial charge in [-0.05, 0) is 31.2 Å². The van der Waals surface area contributed by atoms with Gasteiger partial charge in [0, 0.05) is 31.2 Å². The van der Waals surface area contributed by atoms with E-state index in [0.717, 1.165) is 13.0 Å². The third-order valence-electron chi connectivity index (χ3n) is 3.47.